The van der Waals surface area contributed by atoms with E-state index in [1.165, 1.54) is 70.8 Å². The first kappa shape index (κ1) is 62.4. The fourth-order valence-electron chi connectivity index (χ4n) is 7.85. The quantitative estimate of drug-likeness (QED) is 0.0244. The molecule has 29 heteroatoms. The van der Waals surface area contributed by atoms with Crippen LogP contribution in [-0.4, -0.2) is 123 Å². The van der Waals surface area contributed by atoms with Crippen LogP contribution in [0.1, 0.15) is 140 Å². The number of unbranched alkanes of at least 4 members (excludes halogenated alkanes) is 11. The third-order valence-electron chi connectivity index (χ3n) is 11.9. The second-order valence-electron chi connectivity index (χ2n) is 18.6. The molecule has 3 aromatic rings. The minimum Gasteiger partial charge on any atom is -0.466 e. The molecule has 0 aromatic carbocycles. The number of hydrogen-bond donors (Lipinski definition) is 9. The van der Waals surface area contributed by atoms with Gasteiger partial charge in [0.1, 0.15) is 47.8 Å². The van der Waals surface area contributed by atoms with E-state index in [-0.39, 0.29) is 41.6 Å². The number of nitrogens with one attached hydrogen (secondary N) is 2. The van der Waals surface area contributed by atoms with Crippen LogP contribution in [0.3, 0.4) is 0 Å². The Labute approximate surface area is 429 Å². The number of aliphatic hydroxyl groups is 2. The molecule has 10 N–H and O–H groups in total. The van der Waals surface area contributed by atoms with Crippen LogP contribution in [-0.2, 0) is 63.5 Å². The lowest BCUT2D eigenvalue weighted by molar-refractivity contribution is -0.137. The number of fused-ring (bicyclic) bond motifs is 1. The van der Waals surface area contributed by atoms with Crippen molar-refractivity contribution in [3.8, 4) is 0 Å². The molecule has 1 aliphatic heterocycles. The van der Waals surface area contributed by atoms with Gasteiger partial charge in [-0.2, -0.15) is 4.31 Å². The summed E-state index contributed by atoms with van der Waals surface area (Å²) in [5, 5.41) is 26.7. The number of hydrogen-bond acceptors (Lipinski definition) is 19. The number of rotatable bonds is 36. The predicted molar refractivity (Wildman–Crippen MR) is 268 cm³/mol. The number of anilines is 1. The Balaban J connectivity index is 1.03. The zero-order valence-electron chi connectivity index (χ0n) is 41.9. The van der Waals surface area contributed by atoms with Gasteiger partial charge in [0, 0.05) is 49.9 Å². The van der Waals surface area contributed by atoms with Crippen molar-refractivity contribution in [3.05, 3.63) is 35.8 Å². The fraction of sp³-hybridized carbons (Fsp3) is 0.727. The third-order valence-corrected chi connectivity index (χ3v) is 15.9. The molecule has 25 nitrogen and oxygen atoms in total. The van der Waals surface area contributed by atoms with E-state index in [2.05, 4.69) is 54.3 Å². The fourth-order valence-corrected chi connectivity index (χ4v) is 11.4. The van der Waals surface area contributed by atoms with Crippen LogP contribution in [0.5, 0.6) is 0 Å². The molecule has 0 aliphatic carbocycles. The Hall–Kier alpha value is -3.16. The molecule has 4 heterocycles. The van der Waals surface area contributed by atoms with Crippen molar-refractivity contribution >= 4 is 69.1 Å². The van der Waals surface area contributed by atoms with Crippen LogP contribution in [0.25, 0.3) is 11.2 Å². The van der Waals surface area contributed by atoms with Crippen LogP contribution >= 0.6 is 35.2 Å². The van der Waals surface area contributed by atoms with Gasteiger partial charge in [-0.1, -0.05) is 96.7 Å². The molecule has 4 rings (SSSR count). The maximum atomic E-state index is 12.8. The molecule has 0 spiro atoms. The third kappa shape index (κ3) is 21.8. The van der Waals surface area contributed by atoms with Gasteiger partial charge < -0.3 is 55.3 Å². The molecule has 2 amide bonds. The highest BCUT2D eigenvalue weighted by Gasteiger charge is 2.50. The first-order valence-corrected chi connectivity index (χ1v) is 30.1. The monoisotopic (exact) mass is 1110 g/mol. The van der Waals surface area contributed by atoms with Crippen molar-refractivity contribution in [3.63, 3.8) is 0 Å². The lowest BCUT2D eigenvalue weighted by Gasteiger charge is -2.30. The van der Waals surface area contributed by atoms with Crippen molar-refractivity contribution in [2.24, 2.45) is 5.41 Å². The van der Waals surface area contributed by atoms with Crippen molar-refractivity contribution < 1.29 is 84.9 Å². The van der Waals surface area contributed by atoms with Gasteiger partial charge in [-0.3, -0.25) is 32.5 Å². The number of thioether (sulfide) groups is 1. The number of nitrogens with zero attached hydrogens (tertiary/aromatic N) is 4. The molecule has 1 saturated heterocycles. The number of imidazole rings is 1. The number of aliphatic hydroxyl groups excluding tert-OH is 2. The summed E-state index contributed by atoms with van der Waals surface area (Å²) in [5.41, 5.74) is 5.56. The van der Waals surface area contributed by atoms with Gasteiger partial charge >= 0.3 is 23.5 Å². The zero-order chi connectivity index (χ0) is 53.8. The smallest absolute Gasteiger partial charge is 0.466 e. The highest BCUT2D eigenvalue weighted by Crippen LogP contribution is 2.61. The van der Waals surface area contributed by atoms with Crippen LogP contribution in [0.2, 0.25) is 0 Å². The van der Waals surface area contributed by atoms with E-state index >= 15 is 0 Å². The SMILES string of the molecule is CCCCCc1cc(C)c(CCCCCCCCCCCCC(=O)SCCNC(=O)CCNC(=O)C(O)C(C)(C)COP(=O)(O)OP(=O)(O)OCC2OC(n3cnc4c(N)ncnc43)C(O)C2OP(=O)(O)O)o1. The molecule has 7 unspecified atom stereocenters. The second kappa shape index (κ2) is 30.0. The summed E-state index contributed by atoms with van der Waals surface area (Å²) < 4.78 is 68.6. The Morgan fingerprint density at radius 1 is 0.877 bits per heavy atom. The summed E-state index contributed by atoms with van der Waals surface area (Å²) in [7, 11) is -16.4. The Morgan fingerprint density at radius 3 is 2.19 bits per heavy atom. The van der Waals surface area contributed by atoms with Gasteiger partial charge in [0.25, 0.3) is 0 Å². The van der Waals surface area contributed by atoms with E-state index in [1.54, 1.807) is 0 Å². The number of aromatic nitrogens is 4. The molecule has 414 valence electrons. The van der Waals surface area contributed by atoms with Crippen molar-refractivity contribution in [1.82, 2.24) is 30.2 Å². The molecule has 3 aromatic heterocycles. The highest BCUT2D eigenvalue weighted by molar-refractivity contribution is 8.13. The van der Waals surface area contributed by atoms with Gasteiger partial charge in [0.15, 0.2) is 22.8 Å². The lowest BCUT2D eigenvalue weighted by Crippen LogP contribution is -2.46. The number of phosphoric ester groups is 3. The minimum absolute atomic E-state index is 0.0323. The lowest BCUT2D eigenvalue weighted by atomic mass is 9.87. The first-order chi connectivity index (χ1) is 34.4. The maximum absolute atomic E-state index is 12.8. The van der Waals surface area contributed by atoms with E-state index in [0.717, 1.165) is 85.4 Å². The van der Waals surface area contributed by atoms with Crippen molar-refractivity contribution in [1.29, 1.82) is 0 Å². The largest absolute Gasteiger partial charge is 0.481 e. The van der Waals surface area contributed by atoms with Crippen LogP contribution in [0.15, 0.2) is 23.1 Å². The molecule has 0 bridgehead atoms. The number of furan rings is 1. The average Bonchev–Trinajstić information content (AvgIpc) is 4.00. The summed E-state index contributed by atoms with van der Waals surface area (Å²) in [6.45, 7) is 4.91. The molecule has 0 radical (unpaired) electrons. The number of ether oxygens (including phenoxy) is 1. The number of nitrogens with two attached hydrogens (primary N) is 1. The van der Waals surface area contributed by atoms with Crippen LogP contribution < -0.4 is 16.4 Å². The predicted octanol–water partition coefficient (Wildman–Crippen LogP) is 5.83. The van der Waals surface area contributed by atoms with E-state index in [0.29, 0.717) is 12.2 Å². The number of amides is 2. The van der Waals surface area contributed by atoms with E-state index in [4.69, 9.17) is 23.9 Å². The molecule has 73 heavy (non-hydrogen) atoms. The summed E-state index contributed by atoms with van der Waals surface area (Å²) in [6, 6.07) is 2.20. The molecule has 0 saturated carbocycles. The van der Waals surface area contributed by atoms with E-state index < -0.39 is 84.6 Å². The van der Waals surface area contributed by atoms with Gasteiger partial charge in [-0.15, -0.1) is 0 Å². The summed E-state index contributed by atoms with van der Waals surface area (Å²) in [6.07, 6.45) is 10.6. The van der Waals surface area contributed by atoms with E-state index in [9.17, 15) is 57.9 Å². The topological polar surface area (TPSA) is 377 Å². The molecular weight excluding hydrogens is 1040 g/mol. The van der Waals surface area contributed by atoms with Crippen molar-refractivity contribution in [2.45, 2.75) is 167 Å². The molecule has 1 aliphatic rings. The molecule has 1 fully saturated rings. The Morgan fingerprint density at radius 2 is 1.52 bits per heavy atom. The van der Waals surface area contributed by atoms with E-state index in [1.807, 2.05) is 0 Å². The molecular formula is C44H74N7O18P3S. The van der Waals surface area contributed by atoms with Gasteiger partial charge in [-0.05, 0) is 37.8 Å². The normalized spacial score (nSPS) is 19.4. The minimum atomic E-state index is -5.58. The number of nitrogen functional groups attached to an aromatic ring is 1. The average molecular weight is 1110 g/mol. The standard InChI is InChI=1S/C44H74N7O18P3S/c1-5-6-15-18-31-25-30(2)32(66-31)19-16-13-11-9-7-8-10-12-14-17-20-35(53)73-24-23-46-34(52)21-22-47-42(56)39(55)44(3,4)27-65-72(62,63)69-71(60,61)64-26-33-38(68-70(57,58)59)37(54)43(67-33)51-29-50-36-40(45)48-28-49-41(36)51/h25,28-29,33,37-39,43,54-55H,5-24,26-27H2,1-4H3,(H,46,52)(H,47,56)(H,60,61)(H,62,63)(H2,45,48,49)(H2,57,58,59). The van der Waals surface area contributed by atoms with Crippen LogP contribution in [0.4, 0.5) is 5.82 Å². The van der Waals surface area contributed by atoms with Gasteiger partial charge in [-0.25, -0.2) is 28.6 Å². The Bertz CT molecular complexity index is 2370. The number of carbonyl (C=O) groups excluding carboxylic acids is 3. The Kier molecular flexibility index (Phi) is 25.6. The maximum Gasteiger partial charge on any atom is 0.481 e. The van der Waals surface area contributed by atoms with Crippen molar-refractivity contribution in [2.75, 3.05) is 37.8 Å². The number of carbonyl (C=O) groups is 3. The summed E-state index contributed by atoms with van der Waals surface area (Å²) in [5.74, 6) is 1.23. The second-order valence-corrected chi connectivity index (χ2v) is 24.0. The summed E-state index contributed by atoms with van der Waals surface area (Å²) >= 11 is 1.15. The number of phosphoric acid groups is 3. The van der Waals surface area contributed by atoms with Gasteiger partial charge in [0.05, 0.1) is 19.5 Å². The zero-order valence-corrected chi connectivity index (χ0v) is 45.4. The van der Waals surface area contributed by atoms with Gasteiger partial charge in [0.2, 0.25) is 11.8 Å². The first-order valence-electron chi connectivity index (χ1n) is 24.5. The summed E-state index contributed by atoms with van der Waals surface area (Å²) in [4.78, 5) is 88.6. The highest BCUT2D eigenvalue weighted by atomic mass is 32.2. The van der Waals surface area contributed by atoms with Crippen LogP contribution in [0, 0.1) is 12.3 Å². The number of aryl methyl sites for hydroxylation is 3. The molecule has 7 atom stereocenters.